The van der Waals surface area contributed by atoms with Crippen molar-refractivity contribution in [2.75, 3.05) is 26.2 Å². The predicted octanol–water partition coefficient (Wildman–Crippen LogP) is 2.47. The Morgan fingerprint density at radius 3 is 2.64 bits per heavy atom. The summed E-state index contributed by atoms with van der Waals surface area (Å²) in [6, 6.07) is 4.19. The van der Waals surface area contributed by atoms with Crippen LogP contribution in [-0.2, 0) is 11.3 Å². The van der Waals surface area contributed by atoms with E-state index in [2.05, 4.69) is 28.6 Å². The highest BCUT2D eigenvalue weighted by atomic mass is 16.2. The molecule has 2 aliphatic heterocycles. The number of rotatable bonds is 4. The standard InChI is InChI=1S/C18H25N3O/c1-2-11-21-15-18(6-3-17(21)22)7-12-20(13-8-18)14-16-4-9-19-10-5-16/h2,4-5,9-10H,1,3,6-8,11-15H2. The number of hydrogen-bond acceptors (Lipinski definition) is 3. The van der Waals surface area contributed by atoms with Crippen LogP contribution in [0, 0.1) is 5.41 Å². The van der Waals surface area contributed by atoms with Crippen LogP contribution in [-0.4, -0.2) is 46.9 Å². The fourth-order valence-electron chi connectivity index (χ4n) is 3.76. The van der Waals surface area contributed by atoms with Crippen molar-refractivity contribution in [2.45, 2.75) is 32.2 Å². The van der Waals surface area contributed by atoms with E-state index in [9.17, 15) is 4.79 Å². The second-order valence-corrected chi connectivity index (χ2v) is 6.69. The first kappa shape index (κ1) is 15.2. The lowest BCUT2D eigenvalue weighted by atomic mass is 9.72. The first-order valence-corrected chi connectivity index (χ1v) is 8.21. The molecule has 0 aromatic carbocycles. The Bertz CT molecular complexity index is 520. The second kappa shape index (κ2) is 6.61. The van der Waals surface area contributed by atoms with Crippen LogP contribution in [0.15, 0.2) is 37.2 Å². The van der Waals surface area contributed by atoms with Crippen molar-refractivity contribution in [2.24, 2.45) is 5.41 Å². The summed E-state index contributed by atoms with van der Waals surface area (Å²) in [6.07, 6.45) is 9.72. The van der Waals surface area contributed by atoms with Crippen molar-refractivity contribution >= 4 is 5.91 Å². The average Bonchev–Trinajstić information content (AvgIpc) is 2.55. The molecular formula is C18H25N3O. The Hall–Kier alpha value is -1.68. The number of pyridine rings is 1. The van der Waals surface area contributed by atoms with Crippen LogP contribution < -0.4 is 0 Å². The van der Waals surface area contributed by atoms with Gasteiger partial charge in [0.25, 0.3) is 0 Å². The Morgan fingerprint density at radius 2 is 1.95 bits per heavy atom. The molecule has 0 unspecified atom stereocenters. The SMILES string of the molecule is C=CCN1CC2(CCC1=O)CCN(Cc1ccncc1)CC2. The summed E-state index contributed by atoms with van der Waals surface area (Å²) >= 11 is 0. The molecule has 118 valence electrons. The van der Waals surface area contributed by atoms with E-state index in [-0.39, 0.29) is 0 Å². The Balaban J connectivity index is 1.56. The summed E-state index contributed by atoms with van der Waals surface area (Å²) in [6.45, 7) is 8.64. The smallest absolute Gasteiger partial charge is 0.222 e. The number of hydrogen-bond donors (Lipinski definition) is 0. The lowest BCUT2D eigenvalue weighted by Gasteiger charge is -2.47. The molecular weight excluding hydrogens is 274 g/mol. The average molecular weight is 299 g/mol. The second-order valence-electron chi connectivity index (χ2n) is 6.69. The van der Waals surface area contributed by atoms with E-state index in [4.69, 9.17) is 0 Å². The first-order chi connectivity index (χ1) is 10.7. The van der Waals surface area contributed by atoms with Gasteiger partial charge in [-0.3, -0.25) is 14.7 Å². The molecule has 2 saturated heterocycles. The van der Waals surface area contributed by atoms with Gasteiger partial charge in [-0.2, -0.15) is 0 Å². The molecule has 1 aromatic heterocycles. The van der Waals surface area contributed by atoms with Crippen molar-refractivity contribution < 1.29 is 4.79 Å². The normalized spacial score (nSPS) is 22.0. The fraction of sp³-hybridized carbons (Fsp3) is 0.556. The number of carbonyl (C=O) groups excluding carboxylic acids is 1. The van der Waals surface area contributed by atoms with E-state index in [1.807, 2.05) is 23.4 Å². The largest absolute Gasteiger partial charge is 0.338 e. The molecule has 4 nitrogen and oxygen atoms in total. The van der Waals surface area contributed by atoms with Gasteiger partial charge in [-0.1, -0.05) is 6.08 Å². The molecule has 3 rings (SSSR count). The minimum atomic E-state index is 0.296. The van der Waals surface area contributed by atoms with Gasteiger partial charge in [-0.25, -0.2) is 0 Å². The van der Waals surface area contributed by atoms with E-state index in [0.717, 1.165) is 32.6 Å². The van der Waals surface area contributed by atoms with Crippen molar-refractivity contribution in [3.05, 3.63) is 42.7 Å². The van der Waals surface area contributed by atoms with Crippen LogP contribution in [0.2, 0.25) is 0 Å². The number of aromatic nitrogens is 1. The van der Waals surface area contributed by atoms with Crippen molar-refractivity contribution in [1.82, 2.24) is 14.8 Å². The van der Waals surface area contributed by atoms with E-state index in [1.165, 1.54) is 18.4 Å². The summed E-state index contributed by atoms with van der Waals surface area (Å²) in [5, 5.41) is 0. The van der Waals surface area contributed by atoms with Gasteiger partial charge in [0.2, 0.25) is 5.91 Å². The monoisotopic (exact) mass is 299 g/mol. The van der Waals surface area contributed by atoms with Crippen molar-refractivity contribution in [3.8, 4) is 0 Å². The molecule has 2 fully saturated rings. The highest BCUT2D eigenvalue weighted by Crippen LogP contribution is 2.40. The third kappa shape index (κ3) is 3.38. The minimum absolute atomic E-state index is 0.296. The van der Waals surface area contributed by atoms with Crippen LogP contribution in [0.4, 0.5) is 0 Å². The quantitative estimate of drug-likeness (QED) is 0.801. The molecule has 0 saturated carbocycles. The van der Waals surface area contributed by atoms with Gasteiger partial charge < -0.3 is 4.90 Å². The summed E-state index contributed by atoms with van der Waals surface area (Å²) in [5.74, 6) is 0.296. The van der Waals surface area contributed by atoms with Gasteiger partial charge in [-0.05, 0) is 55.5 Å². The van der Waals surface area contributed by atoms with E-state index < -0.39 is 0 Å². The zero-order valence-corrected chi connectivity index (χ0v) is 13.2. The molecule has 1 spiro atoms. The zero-order chi connectivity index (χ0) is 15.4. The molecule has 1 aromatic rings. The summed E-state index contributed by atoms with van der Waals surface area (Å²) < 4.78 is 0. The summed E-state index contributed by atoms with van der Waals surface area (Å²) in [7, 11) is 0. The molecule has 1 amide bonds. The maximum atomic E-state index is 12.0. The molecule has 0 atom stereocenters. The number of piperidine rings is 2. The molecule has 0 radical (unpaired) electrons. The van der Waals surface area contributed by atoms with E-state index in [1.54, 1.807) is 0 Å². The maximum absolute atomic E-state index is 12.0. The third-order valence-corrected chi connectivity index (χ3v) is 5.17. The Morgan fingerprint density at radius 1 is 1.23 bits per heavy atom. The lowest BCUT2D eigenvalue weighted by Crippen LogP contribution is -2.51. The number of nitrogens with zero attached hydrogens (tertiary/aromatic N) is 3. The maximum Gasteiger partial charge on any atom is 0.222 e. The van der Waals surface area contributed by atoms with Gasteiger partial charge in [0.15, 0.2) is 0 Å². The highest BCUT2D eigenvalue weighted by molar-refractivity contribution is 5.77. The molecule has 3 heterocycles. The van der Waals surface area contributed by atoms with Crippen LogP contribution in [0.3, 0.4) is 0 Å². The van der Waals surface area contributed by atoms with Crippen LogP contribution >= 0.6 is 0 Å². The van der Waals surface area contributed by atoms with Crippen molar-refractivity contribution in [1.29, 1.82) is 0 Å². The van der Waals surface area contributed by atoms with Gasteiger partial charge in [-0.15, -0.1) is 6.58 Å². The molecule has 0 bridgehead atoms. The van der Waals surface area contributed by atoms with Gasteiger partial charge in [0.1, 0.15) is 0 Å². The number of amides is 1. The molecule has 0 N–H and O–H groups in total. The molecule has 2 aliphatic rings. The molecule has 0 aliphatic carbocycles. The minimum Gasteiger partial charge on any atom is -0.338 e. The van der Waals surface area contributed by atoms with Gasteiger partial charge in [0.05, 0.1) is 0 Å². The van der Waals surface area contributed by atoms with Gasteiger partial charge >= 0.3 is 0 Å². The van der Waals surface area contributed by atoms with Crippen LogP contribution in [0.25, 0.3) is 0 Å². The van der Waals surface area contributed by atoms with E-state index in [0.29, 0.717) is 24.3 Å². The summed E-state index contributed by atoms with van der Waals surface area (Å²) in [5.41, 5.74) is 1.67. The fourth-order valence-corrected chi connectivity index (χ4v) is 3.76. The summed E-state index contributed by atoms with van der Waals surface area (Å²) in [4.78, 5) is 20.6. The highest BCUT2D eigenvalue weighted by Gasteiger charge is 2.40. The van der Waals surface area contributed by atoms with E-state index >= 15 is 0 Å². The topological polar surface area (TPSA) is 36.4 Å². The first-order valence-electron chi connectivity index (χ1n) is 8.21. The molecule has 4 heteroatoms. The lowest BCUT2D eigenvalue weighted by molar-refractivity contribution is -0.138. The van der Waals surface area contributed by atoms with Gasteiger partial charge in [0, 0.05) is 38.4 Å². The third-order valence-electron chi connectivity index (χ3n) is 5.17. The Kier molecular flexibility index (Phi) is 4.57. The predicted molar refractivity (Wildman–Crippen MR) is 87.2 cm³/mol. The number of likely N-dealkylation sites (tertiary alicyclic amines) is 2. The van der Waals surface area contributed by atoms with Crippen LogP contribution in [0.5, 0.6) is 0 Å². The molecule has 22 heavy (non-hydrogen) atoms. The number of carbonyl (C=O) groups is 1. The van der Waals surface area contributed by atoms with Crippen LogP contribution in [0.1, 0.15) is 31.2 Å². The van der Waals surface area contributed by atoms with Crippen molar-refractivity contribution in [3.63, 3.8) is 0 Å². The zero-order valence-electron chi connectivity index (χ0n) is 13.2. The Labute approximate surface area is 132 Å².